The van der Waals surface area contributed by atoms with Gasteiger partial charge in [0.05, 0.1) is 12.7 Å². The molecule has 6 nitrogen and oxygen atoms in total. The van der Waals surface area contributed by atoms with E-state index in [0.29, 0.717) is 30.7 Å². The molecular formula is C24H29N3O3. The van der Waals surface area contributed by atoms with Crippen LogP contribution in [-0.2, 0) is 11.2 Å². The van der Waals surface area contributed by atoms with E-state index in [1.807, 2.05) is 23.1 Å². The van der Waals surface area contributed by atoms with Crippen molar-refractivity contribution in [3.63, 3.8) is 0 Å². The van der Waals surface area contributed by atoms with E-state index < -0.39 is 0 Å². The summed E-state index contributed by atoms with van der Waals surface area (Å²) in [6.45, 7) is 1.46. The zero-order valence-electron chi connectivity index (χ0n) is 17.4. The smallest absolute Gasteiger partial charge is 0.255 e. The molecule has 0 saturated carbocycles. The van der Waals surface area contributed by atoms with Gasteiger partial charge in [0.1, 0.15) is 5.75 Å². The Morgan fingerprint density at radius 1 is 1.23 bits per heavy atom. The van der Waals surface area contributed by atoms with Gasteiger partial charge in [0.15, 0.2) is 0 Å². The van der Waals surface area contributed by atoms with Crippen LogP contribution in [0.2, 0.25) is 0 Å². The molecule has 2 amide bonds. The van der Waals surface area contributed by atoms with E-state index in [4.69, 9.17) is 4.74 Å². The Labute approximate surface area is 177 Å². The summed E-state index contributed by atoms with van der Waals surface area (Å²) in [4.78, 5) is 33.3. The maximum atomic E-state index is 13.1. The van der Waals surface area contributed by atoms with Gasteiger partial charge in [-0.1, -0.05) is 12.1 Å². The van der Waals surface area contributed by atoms with E-state index in [0.717, 1.165) is 43.5 Å². The molecule has 4 atom stereocenters. The molecule has 2 aromatic rings. The number of piperidine rings is 3. The molecule has 0 unspecified atom stereocenters. The van der Waals surface area contributed by atoms with Crippen LogP contribution in [0.4, 0.5) is 0 Å². The number of carbonyl (C=O) groups is 2. The molecule has 0 radical (unpaired) electrons. The van der Waals surface area contributed by atoms with Gasteiger partial charge in [-0.25, -0.2) is 0 Å². The van der Waals surface area contributed by atoms with Gasteiger partial charge in [-0.15, -0.1) is 0 Å². The fourth-order valence-corrected chi connectivity index (χ4v) is 5.88. The lowest BCUT2D eigenvalue weighted by atomic mass is 9.70. The monoisotopic (exact) mass is 407 g/mol. The van der Waals surface area contributed by atoms with E-state index >= 15 is 0 Å². The van der Waals surface area contributed by atoms with E-state index in [-0.39, 0.29) is 18.0 Å². The van der Waals surface area contributed by atoms with Crippen molar-refractivity contribution >= 4 is 11.8 Å². The van der Waals surface area contributed by atoms with Gasteiger partial charge in [-0.05, 0) is 61.3 Å². The number of amides is 2. The summed E-state index contributed by atoms with van der Waals surface area (Å²) >= 11 is 0. The molecule has 0 spiro atoms. The van der Waals surface area contributed by atoms with Gasteiger partial charge in [0.2, 0.25) is 5.91 Å². The number of methoxy groups -OCH3 is 1. The van der Waals surface area contributed by atoms with Crippen molar-refractivity contribution in [3.05, 3.63) is 53.9 Å². The van der Waals surface area contributed by atoms with Gasteiger partial charge in [0.25, 0.3) is 5.91 Å². The number of carbonyl (C=O) groups excluding carboxylic acids is 2. The quantitative estimate of drug-likeness (QED) is 0.847. The summed E-state index contributed by atoms with van der Waals surface area (Å²) in [6, 6.07) is 10.4. The van der Waals surface area contributed by atoms with Crippen LogP contribution < -0.4 is 4.74 Å². The number of rotatable bonds is 4. The number of hydrogen-bond donors (Lipinski definition) is 1. The Bertz CT molecular complexity index is 926. The molecule has 1 aromatic heterocycles. The number of likely N-dealkylation sites (tertiary alicyclic amines) is 1. The number of H-pyrrole nitrogens is 1. The normalized spacial score (nSPS) is 28.2. The molecule has 3 saturated heterocycles. The molecule has 1 aromatic carbocycles. The van der Waals surface area contributed by atoms with E-state index in [1.54, 1.807) is 19.5 Å². The first-order valence-electron chi connectivity index (χ1n) is 11.0. The van der Waals surface area contributed by atoms with Crippen molar-refractivity contribution in [1.29, 1.82) is 0 Å². The Kier molecular flexibility index (Phi) is 5.01. The third-order valence-corrected chi connectivity index (χ3v) is 7.21. The van der Waals surface area contributed by atoms with Gasteiger partial charge >= 0.3 is 0 Å². The maximum Gasteiger partial charge on any atom is 0.255 e. The summed E-state index contributed by atoms with van der Waals surface area (Å²) in [5.74, 6) is 1.91. The minimum absolute atomic E-state index is 0.0988. The molecule has 5 rings (SSSR count). The summed E-state index contributed by atoms with van der Waals surface area (Å²) in [5.41, 5.74) is 1.90. The summed E-state index contributed by atoms with van der Waals surface area (Å²) in [7, 11) is 1.68. The fourth-order valence-electron chi connectivity index (χ4n) is 5.88. The van der Waals surface area contributed by atoms with E-state index in [2.05, 4.69) is 22.0 Å². The van der Waals surface area contributed by atoms with Gasteiger partial charge < -0.3 is 19.5 Å². The third-order valence-electron chi connectivity index (χ3n) is 7.21. The second kappa shape index (κ2) is 7.82. The number of fused-ring (bicyclic) bond motifs is 4. The van der Waals surface area contributed by atoms with Crippen LogP contribution in [0.15, 0.2) is 42.7 Å². The molecule has 30 heavy (non-hydrogen) atoms. The van der Waals surface area contributed by atoms with Gasteiger partial charge in [-0.2, -0.15) is 0 Å². The van der Waals surface area contributed by atoms with Crippen molar-refractivity contribution in [2.45, 2.75) is 44.2 Å². The van der Waals surface area contributed by atoms with E-state index in [1.165, 1.54) is 5.56 Å². The number of aromatic nitrogens is 1. The highest BCUT2D eigenvalue weighted by Gasteiger charge is 2.49. The molecule has 0 aliphatic carbocycles. The average molecular weight is 408 g/mol. The lowest BCUT2D eigenvalue weighted by Crippen LogP contribution is -2.66. The van der Waals surface area contributed by atoms with Crippen LogP contribution in [0.3, 0.4) is 0 Å². The predicted octanol–water partition coefficient (Wildman–Crippen LogP) is 3.11. The zero-order chi connectivity index (χ0) is 20.7. The second-order valence-electron chi connectivity index (χ2n) is 8.95. The van der Waals surface area contributed by atoms with Crippen LogP contribution in [0.1, 0.15) is 41.6 Å². The lowest BCUT2D eigenvalue weighted by Gasteiger charge is -2.56. The molecule has 4 heterocycles. The first-order chi connectivity index (χ1) is 14.6. The zero-order valence-corrected chi connectivity index (χ0v) is 17.4. The number of nitrogens with zero attached hydrogens (tertiary/aromatic N) is 2. The maximum absolute atomic E-state index is 13.1. The number of ether oxygens (including phenoxy) is 1. The third kappa shape index (κ3) is 3.38. The number of benzene rings is 1. The van der Waals surface area contributed by atoms with Crippen molar-refractivity contribution in [3.8, 4) is 5.75 Å². The van der Waals surface area contributed by atoms with Gasteiger partial charge in [0, 0.05) is 44.0 Å². The van der Waals surface area contributed by atoms with Crippen LogP contribution >= 0.6 is 0 Å². The average Bonchev–Trinajstić information content (AvgIpc) is 3.31. The predicted molar refractivity (Wildman–Crippen MR) is 113 cm³/mol. The highest BCUT2D eigenvalue weighted by atomic mass is 16.5. The second-order valence-corrected chi connectivity index (χ2v) is 8.95. The molecule has 3 aliphatic rings. The topological polar surface area (TPSA) is 65.6 Å². The van der Waals surface area contributed by atoms with Crippen molar-refractivity contribution in [1.82, 2.24) is 14.8 Å². The molecule has 1 N–H and O–H groups in total. The molecule has 2 bridgehead atoms. The van der Waals surface area contributed by atoms with Crippen molar-refractivity contribution < 1.29 is 14.3 Å². The van der Waals surface area contributed by atoms with Crippen LogP contribution in [0.5, 0.6) is 5.75 Å². The standard InChI is InChI=1S/C24H29N3O3/c1-30-20-5-2-4-16(10-20)11-22-19-12-18(21-6-3-7-23(28)27(21)22)14-26(15-19)24(29)17-8-9-25-13-17/h2,4-5,8-10,13,18-19,21-22,25H,3,6-7,11-12,14-15H2,1H3/t18-,19+,21+,22+/m1/s1. The van der Waals surface area contributed by atoms with Crippen LogP contribution in [-0.4, -0.2) is 58.9 Å². The molecular weight excluding hydrogens is 378 g/mol. The first kappa shape index (κ1) is 19.2. The summed E-state index contributed by atoms with van der Waals surface area (Å²) in [5, 5.41) is 0. The number of aromatic amines is 1. The summed E-state index contributed by atoms with van der Waals surface area (Å²) in [6.07, 6.45) is 8.13. The van der Waals surface area contributed by atoms with Crippen LogP contribution in [0, 0.1) is 11.8 Å². The highest BCUT2D eigenvalue weighted by Crippen LogP contribution is 2.43. The SMILES string of the molecule is COc1cccc(C[C@H]2[C@H]3C[C@H](CN(C(=O)c4cc[nH]c4)C3)[C@@H]3CCCC(=O)N32)c1. The number of hydrogen-bond acceptors (Lipinski definition) is 3. The number of nitrogens with one attached hydrogen (secondary N) is 1. The highest BCUT2D eigenvalue weighted by molar-refractivity contribution is 5.94. The summed E-state index contributed by atoms with van der Waals surface area (Å²) < 4.78 is 5.41. The minimum atomic E-state index is 0.0988. The Morgan fingerprint density at radius 3 is 2.90 bits per heavy atom. The van der Waals surface area contributed by atoms with Crippen LogP contribution in [0.25, 0.3) is 0 Å². The fraction of sp³-hybridized carbons (Fsp3) is 0.500. The molecule has 3 fully saturated rings. The first-order valence-corrected chi connectivity index (χ1v) is 11.0. The Hall–Kier alpha value is -2.76. The van der Waals surface area contributed by atoms with Crippen molar-refractivity contribution in [2.24, 2.45) is 11.8 Å². The van der Waals surface area contributed by atoms with Crippen molar-refractivity contribution in [2.75, 3.05) is 20.2 Å². The Morgan fingerprint density at radius 2 is 2.10 bits per heavy atom. The molecule has 3 aliphatic heterocycles. The molecule has 158 valence electrons. The lowest BCUT2D eigenvalue weighted by molar-refractivity contribution is -0.151. The molecule has 6 heteroatoms. The largest absolute Gasteiger partial charge is 0.497 e. The van der Waals surface area contributed by atoms with E-state index in [9.17, 15) is 9.59 Å². The minimum Gasteiger partial charge on any atom is -0.497 e. The van der Waals surface area contributed by atoms with Gasteiger partial charge in [-0.3, -0.25) is 9.59 Å². The Balaban J connectivity index is 1.44.